The predicted molar refractivity (Wildman–Crippen MR) is 62.1 cm³/mol. The van der Waals surface area contributed by atoms with Crippen molar-refractivity contribution in [2.24, 2.45) is 0 Å². The van der Waals surface area contributed by atoms with Crippen LogP contribution in [-0.4, -0.2) is 31.2 Å². The lowest BCUT2D eigenvalue weighted by Crippen LogP contribution is -2.26. The Morgan fingerprint density at radius 2 is 2.17 bits per heavy atom. The molecule has 1 aromatic heterocycles. The van der Waals surface area contributed by atoms with Crippen LogP contribution < -0.4 is 5.32 Å². The maximum absolute atomic E-state index is 12.7. The lowest BCUT2D eigenvalue weighted by Gasteiger charge is -2.16. The lowest BCUT2D eigenvalue weighted by atomic mass is 10.1. The Morgan fingerprint density at radius 1 is 1.39 bits per heavy atom. The molecule has 6 heteroatoms. The van der Waals surface area contributed by atoms with Crippen LogP contribution in [0.25, 0.3) is 0 Å². The van der Waals surface area contributed by atoms with Gasteiger partial charge in [-0.15, -0.1) is 0 Å². The minimum Gasteiger partial charge on any atom is -0.374 e. The molecule has 1 aromatic rings. The van der Waals surface area contributed by atoms with Crippen LogP contribution in [0.15, 0.2) is 18.3 Å². The molecule has 1 atom stereocenters. The first kappa shape index (κ1) is 14.9. The first-order valence-electron chi connectivity index (χ1n) is 5.84. The summed E-state index contributed by atoms with van der Waals surface area (Å²) in [6.45, 7) is 2.07. The first-order chi connectivity index (χ1) is 8.63. The van der Waals surface area contributed by atoms with Crippen LogP contribution >= 0.6 is 0 Å². The standard InChI is InChI=1S/C12H17F3N2O/c1-2-10(11-4-3-9(13)7-17-11)16-5-6-18-8-12(14)15/h3-4,7,10,12,16H,2,5-6,8H2,1H3. The highest BCUT2D eigenvalue weighted by Crippen LogP contribution is 2.13. The van der Waals surface area contributed by atoms with E-state index in [4.69, 9.17) is 4.74 Å². The molecule has 1 heterocycles. The maximum Gasteiger partial charge on any atom is 0.261 e. The third kappa shape index (κ3) is 5.46. The van der Waals surface area contributed by atoms with Crippen molar-refractivity contribution in [1.82, 2.24) is 10.3 Å². The molecule has 0 aliphatic carbocycles. The zero-order chi connectivity index (χ0) is 13.4. The van der Waals surface area contributed by atoms with Gasteiger partial charge in [0.15, 0.2) is 0 Å². The molecule has 0 bridgehead atoms. The van der Waals surface area contributed by atoms with E-state index >= 15 is 0 Å². The van der Waals surface area contributed by atoms with E-state index in [0.717, 1.165) is 18.3 Å². The molecule has 0 fully saturated rings. The van der Waals surface area contributed by atoms with Crippen molar-refractivity contribution >= 4 is 0 Å². The fourth-order valence-electron chi connectivity index (χ4n) is 1.53. The highest BCUT2D eigenvalue weighted by atomic mass is 19.3. The number of rotatable bonds is 8. The van der Waals surface area contributed by atoms with E-state index in [0.29, 0.717) is 6.54 Å². The van der Waals surface area contributed by atoms with Gasteiger partial charge in [-0.2, -0.15) is 0 Å². The van der Waals surface area contributed by atoms with Crippen molar-refractivity contribution in [2.75, 3.05) is 19.8 Å². The van der Waals surface area contributed by atoms with Crippen LogP contribution in [0.1, 0.15) is 25.1 Å². The number of ether oxygens (including phenoxy) is 1. The molecule has 0 aliphatic rings. The normalized spacial score (nSPS) is 12.9. The van der Waals surface area contributed by atoms with Crippen LogP contribution in [0.3, 0.4) is 0 Å². The summed E-state index contributed by atoms with van der Waals surface area (Å²) in [5.41, 5.74) is 0.729. The number of hydrogen-bond donors (Lipinski definition) is 1. The van der Waals surface area contributed by atoms with Crippen LogP contribution in [0.4, 0.5) is 13.2 Å². The van der Waals surface area contributed by atoms with Crippen LogP contribution in [0.2, 0.25) is 0 Å². The van der Waals surface area contributed by atoms with Gasteiger partial charge in [-0.1, -0.05) is 6.92 Å². The van der Waals surface area contributed by atoms with Gasteiger partial charge < -0.3 is 10.1 Å². The third-order valence-electron chi connectivity index (χ3n) is 2.40. The zero-order valence-corrected chi connectivity index (χ0v) is 10.2. The molecule has 0 radical (unpaired) electrons. The zero-order valence-electron chi connectivity index (χ0n) is 10.2. The molecule has 18 heavy (non-hydrogen) atoms. The maximum atomic E-state index is 12.7. The van der Waals surface area contributed by atoms with Gasteiger partial charge in [-0.3, -0.25) is 4.98 Å². The Kier molecular flexibility index (Phi) is 6.67. The van der Waals surface area contributed by atoms with Crippen LogP contribution in [0.5, 0.6) is 0 Å². The minimum atomic E-state index is -2.44. The summed E-state index contributed by atoms with van der Waals surface area (Å²) < 4.78 is 41.1. The summed E-state index contributed by atoms with van der Waals surface area (Å²) in [7, 11) is 0. The van der Waals surface area contributed by atoms with E-state index in [1.807, 2.05) is 6.92 Å². The topological polar surface area (TPSA) is 34.1 Å². The smallest absolute Gasteiger partial charge is 0.261 e. The van der Waals surface area contributed by atoms with Gasteiger partial charge in [0.2, 0.25) is 0 Å². The van der Waals surface area contributed by atoms with E-state index < -0.39 is 13.0 Å². The number of nitrogens with zero attached hydrogens (tertiary/aromatic N) is 1. The van der Waals surface area contributed by atoms with Gasteiger partial charge in [-0.25, -0.2) is 13.2 Å². The number of aromatic nitrogens is 1. The highest BCUT2D eigenvalue weighted by molar-refractivity contribution is 5.09. The summed E-state index contributed by atoms with van der Waals surface area (Å²) in [4.78, 5) is 3.98. The van der Waals surface area contributed by atoms with Gasteiger partial charge in [0.25, 0.3) is 6.43 Å². The largest absolute Gasteiger partial charge is 0.374 e. The Balaban J connectivity index is 2.31. The van der Waals surface area contributed by atoms with Gasteiger partial charge >= 0.3 is 0 Å². The molecule has 102 valence electrons. The van der Waals surface area contributed by atoms with Crippen molar-refractivity contribution < 1.29 is 17.9 Å². The molecule has 0 aromatic carbocycles. The number of hydrogen-bond acceptors (Lipinski definition) is 3. The lowest BCUT2D eigenvalue weighted by molar-refractivity contribution is 0.0181. The second-order valence-electron chi connectivity index (χ2n) is 3.78. The minimum absolute atomic E-state index is 0.0271. The molecule has 1 N–H and O–H groups in total. The molecule has 1 rings (SSSR count). The van der Waals surface area contributed by atoms with E-state index in [-0.39, 0.29) is 18.5 Å². The Labute approximate surface area is 104 Å². The fraction of sp³-hybridized carbons (Fsp3) is 0.583. The summed E-state index contributed by atoms with van der Waals surface area (Å²) in [6, 6.07) is 2.93. The molecule has 0 saturated heterocycles. The van der Waals surface area contributed by atoms with Gasteiger partial charge in [0, 0.05) is 12.6 Å². The number of pyridine rings is 1. The number of halogens is 3. The summed E-state index contributed by atoms with van der Waals surface area (Å²) in [5, 5.41) is 3.12. The summed E-state index contributed by atoms with van der Waals surface area (Å²) >= 11 is 0. The van der Waals surface area contributed by atoms with E-state index in [1.165, 1.54) is 6.07 Å². The van der Waals surface area contributed by atoms with Gasteiger partial charge in [0.05, 0.1) is 18.5 Å². The summed E-state index contributed by atoms with van der Waals surface area (Å²) in [6.07, 6.45) is -0.508. The molecule has 3 nitrogen and oxygen atoms in total. The van der Waals surface area contributed by atoms with Crippen molar-refractivity contribution in [1.29, 1.82) is 0 Å². The predicted octanol–water partition coefficient (Wildman–Crippen LogP) is 2.54. The monoisotopic (exact) mass is 262 g/mol. The summed E-state index contributed by atoms with van der Waals surface area (Å²) in [5.74, 6) is -0.381. The average molecular weight is 262 g/mol. The third-order valence-corrected chi connectivity index (χ3v) is 2.40. The molecule has 0 amide bonds. The molecular weight excluding hydrogens is 245 g/mol. The van der Waals surface area contributed by atoms with E-state index in [1.54, 1.807) is 6.07 Å². The van der Waals surface area contributed by atoms with Gasteiger partial charge in [-0.05, 0) is 18.6 Å². The fourth-order valence-corrected chi connectivity index (χ4v) is 1.53. The van der Waals surface area contributed by atoms with Crippen LogP contribution in [0, 0.1) is 5.82 Å². The number of nitrogens with one attached hydrogen (secondary N) is 1. The van der Waals surface area contributed by atoms with Crippen molar-refractivity contribution in [3.05, 3.63) is 29.8 Å². The first-order valence-corrected chi connectivity index (χ1v) is 5.84. The molecule has 1 unspecified atom stereocenters. The average Bonchev–Trinajstić information content (AvgIpc) is 2.35. The van der Waals surface area contributed by atoms with E-state index in [9.17, 15) is 13.2 Å². The van der Waals surface area contributed by atoms with Gasteiger partial charge in [0.1, 0.15) is 12.4 Å². The Hall–Kier alpha value is -1.14. The molecular formula is C12H17F3N2O. The van der Waals surface area contributed by atoms with Crippen molar-refractivity contribution in [2.45, 2.75) is 25.8 Å². The molecule has 0 aliphatic heterocycles. The SMILES string of the molecule is CCC(NCCOCC(F)F)c1ccc(F)cn1. The highest BCUT2D eigenvalue weighted by Gasteiger charge is 2.10. The van der Waals surface area contributed by atoms with Crippen molar-refractivity contribution in [3.63, 3.8) is 0 Å². The second kappa shape index (κ2) is 8.05. The Morgan fingerprint density at radius 3 is 2.72 bits per heavy atom. The quantitative estimate of drug-likeness (QED) is 0.731. The van der Waals surface area contributed by atoms with E-state index in [2.05, 4.69) is 10.3 Å². The van der Waals surface area contributed by atoms with Crippen LogP contribution in [-0.2, 0) is 4.74 Å². The van der Waals surface area contributed by atoms with Crippen molar-refractivity contribution in [3.8, 4) is 0 Å². The second-order valence-corrected chi connectivity index (χ2v) is 3.78. The molecule has 0 saturated carbocycles. The number of alkyl halides is 2. The Bertz CT molecular complexity index is 333. The molecule has 0 spiro atoms.